The molecule has 1 fully saturated rings. The van der Waals surface area contributed by atoms with Crippen LogP contribution in [0.3, 0.4) is 0 Å². The van der Waals surface area contributed by atoms with E-state index in [1.54, 1.807) is 0 Å². The largest absolute Gasteiger partial charge is 0.312 e. The zero-order chi connectivity index (χ0) is 12.3. The van der Waals surface area contributed by atoms with Crippen molar-refractivity contribution in [3.8, 4) is 0 Å². The first-order valence-electron chi connectivity index (χ1n) is 6.21. The number of thiophene rings is 1. The topological polar surface area (TPSA) is 12.0 Å². The molecule has 0 bridgehead atoms. The van der Waals surface area contributed by atoms with Gasteiger partial charge in [0, 0.05) is 32.9 Å². The molecular formula is C13H21NS3. The fraction of sp³-hybridized carbons (Fsp3) is 0.692. The van der Waals surface area contributed by atoms with Crippen LogP contribution < -0.4 is 5.32 Å². The fourth-order valence-corrected chi connectivity index (χ4v) is 6.43. The molecule has 1 aliphatic rings. The van der Waals surface area contributed by atoms with Gasteiger partial charge in [-0.1, -0.05) is 6.92 Å². The van der Waals surface area contributed by atoms with Crippen LogP contribution in [-0.4, -0.2) is 29.1 Å². The first kappa shape index (κ1) is 13.8. The SMILES string of the molecule is CCC1SCCSC1C(NC)c1csc(C)c1. The van der Waals surface area contributed by atoms with Crippen LogP contribution in [0.1, 0.15) is 29.8 Å². The Morgan fingerprint density at radius 2 is 2.18 bits per heavy atom. The third-order valence-corrected chi connectivity index (χ3v) is 7.47. The first-order valence-corrected chi connectivity index (χ1v) is 9.19. The van der Waals surface area contributed by atoms with Gasteiger partial charge in [-0.2, -0.15) is 23.5 Å². The highest BCUT2D eigenvalue weighted by atomic mass is 32.2. The van der Waals surface area contributed by atoms with Crippen LogP contribution in [0.5, 0.6) is 0 Å². The van der Waals surface area contributed by atoms with E-state index in [2.05, 4.69) is 61.2 Å². The zero-order valence-corrected chi connectivity index (χ0v) is 13.2. The summed E-state index contributed by atoms with van der Waals surface area (Å²) in [5, 5.41) is 7.38. The van der Waals surface area contributed by atoms with Crippen molar-refractivity contribution < 1.29 is 0 Å². The molecule has 0 aliphatic carbocycles. The summed E-state index contributed by atoms with van der Waals surface area (Å²) in [5.74, 6) is 2.62. The Morgan fingerprint density at radius 3 is 2.76 bits per heavy atom. The number of nitrogens with one attached hydrogen (secondary N) is 1. The Kier molecular flexibility index (Phi) is 5.27. The number of rotatable bonds is 4. The molecule has 17 heavy (non-hydrogen) atoms. The minimum atomic E-state index is 0.516. The van der Waals surface area contributed by atoms with Crippen molar-refractivity contribution >= 4 is 34.9 Å². The monoisotopic (exact) mass is 287 g/mol. The lowest BCUT2D eigenvalue weighted by atomic mass is 10.0. The average molecular weight is 288 g/mol. The zero-order valence-electron chi connectivity index (χ0n) is 10.7. The second kappa shape index (κ2) is 6.50. The van der Waals surface area contributed by atoms with Crippen molar-refractivity contribution in [1.29, 1.82) is 0 Å². The molecule has 1 aliphatic heterocycles. The first-order chi connectivity index (χ1) is 8.26. The summed E-state index contributed by atoms with van der Waals surface area (Å²) in [6.45, 7) is 4.52. The third-order valence-electron chi connectivity index (χ3n) is 3.24. The molecule has 96 valence electrons. The van der Waals surface area contributed by atoms with Crippen molar-refractivity contribution in [2.24, 2.45) is 0 Å². The maximum atomic E-state index is 3.54. The predicted molar refractivity (Wildman–Crippen MR) is 83.6 cm³/mol. The van der Waals surface area contributed by atoms with E-state index in [-0.39, 0.29) is 0 Å². The summed E-state index contributed by atoms with van der Waals surface area (Å²) in [5.41, 5.74) is 1.48. The predicted octanol–water partition coefficient (Wildman–Crippen LogP) is 3.94. The molecule has 1 nitrogen and oxygen atoms in total. The van der Waals surface area contributed by atoms with Crippen molar-refractivity contribution in [3.05, 3.63) is 21.9 Å². The van der Waals surface area contributed by atoms with Gasteiger partial charge in [-0.15, -0.1) is 11.3 Å². The van der Waals surface area contributed by atoms with E-state index >= 15 is 0 Å². The van der Waals surface area contributed by atoms with Crippen LogP contribution in [0.2, 0.25) is 0 Å². The molecule has 0 amide bonds. The molecule has 0 aromatic carbocycles. The third kappa shape index (κ3) is 3.22. The van der Waals surface area contributed by atoms with Crippen molar-refractivity contribution in [2.45, 2.75) is 36.8 Å². The molecular weight excluding hydrogens is 266 g/mol. The van der Waals surface area contributed by atoms with Crippen molar-refractivity contribution in [1.82, 2.24) is 5.32 Å². The van der Waals surface area contributed by atoms with E-state index in [0.717, 1.165) is 10.5 Å². The molecule has 3 atom stereocenters. The summed E-state index contributed by atoms with van der Waals surface area (Å²) in [4.78, 5) is 1.42. The summed E-state index contributed by atoms with van der Waals surface area (Å²) in [7, 11) is 2.10. The molecule has 0 radical (unpaired) electrons. The van der Waals surface area contributed by atoms with Crippen molar-refractivity contribution in [2.75, 3.05) is 18.6 Å². The van der Waals surface area contributed by atoms with Crippen molar-refractivity contribution in [3.63, 3.8) is 0 Å². The van der Waals surface area contributed by atoms with Gasteiger partial charge in [0.1, 0.15) is 0 Å². The lowest BCUT2D eigenvalue weighted by molar-refractivity contribution is 0.545. The highest BCUT2D eigenvalue weighted by molar-refractivity contribution is 8.07. The maximum absolute atomic E-state index is 3.54. The van der Waals surface area contributed by atoms with E-state index in [4.69, 9.17) is 0 Å². The Bertz CT molecular complexity index is 350. The Hall–Kier alpha value is 0.360. The van der Waals surface area contributed by atoms with Crippen LogP contribution in [-0.2, 0) is 0 Å². The molecule has 4 heteroatoms. The molecule has 1 aromatic rings. The lowest BCUT2D eigenvalue weighted by Crippen LogP contribution is -2.37. The normalized spacial score (nSPS) is 27.0. The molecule has 1 N–H and O–H groups in total. The average Bonchev–Trinajstić information content (AvgIpc) is 2.77. The van der Waals surface area contributed by atoms with Gasteiger partial charge < -0.3 is 5.32 Å². The Balaban J connectivity index is 2.16. The quantitative estimate of drug-likeness (QED) is 0.901. The second-order valence-electron chi connectivity index (χ2n) is 4.41. The van der Waals surface area contributed by atoms with E-state index in [9.17, 15) is 0 Å². The number of hydrogen-bond donors (Lipinski definition) is 1. The molecule has 2 heterocycles. The molecule has 0 spiro atoms. The summed E-state index contributed by atoms with van der Waals surface area (Å²) < 4.78 is 0. The highest BCUT2D eigenvalue weighted by Crippen LogP contribution is 2.40. The standard InChI is InChI=1S/C13H21NS3/c1-4-11-13(16-6-5-15-11)12(14-3)10-7-9(2)17-8-10/h7-8,11-14H,4-6H2,1-3H3. The van der Waals surface area contributed by atoms with Crippen LogP contribution in [0.4, 0.5) is 0 Å². The van der Waals surface area contributed by atoms with E-state index in [0.29, 0.717) is 6.04 Å². The molecule has 0 saturated carbocycles. The molecule has 2 rings (SSSR count). The van der Waals surface area contributed by atoms with Gasteiger partial charge >= 0.3 is 0 Å². The van der Waals surface area contributed by atoms with E-state index < -0.39 is 0 Å². The van der Waals surface area contributed by atoms with E-state index in [1.165, 1.54) is 28.4 Å². The van der Waals surface area contributed by atoms with Gasteiger partial charge in [0.05, 0.1) is 0 Å². The second-order valence-corrected chi connectivity index (χ2v) is 8.16. The highest BCUT2D eigenvalue weighted by Gasteiger charge is 2.32. The van der Waals surface area contributed by atoms with Gasteiger partial charge in [0.15, 0.2) is 0 Å². The molecule has 3 unspecified atom stereocenters. The summed E-state index contributed by atoms with van der Waals surface area (Å²) >= 11 is 6.18. The summed E-state index contributed by atoms with van der Waals surface area (Å²) in [6, 6.07) is 2.86. The number of aryl methyl sites for hydroxylation is 1. The van der Waals surface area contributed by atoms with Gasteiger partial charge in [-0.05, 0) is 37.4 Å². The Labute approximate surface area is 117 Å². The minimum absolute atomic E-state index is 0.516. The summed E-state index contributed by atoms with van der Waals surface area (Å²) in [6.07, 6.45) is 1.28. The number of thioether (sulfide) groups is 2. The number of hydrogen-bond acceptors (Lipinski definition) is 4. The molecule has 1 aromatic heterocycles. The lowest BCUT2D eigenvalue weighted by Gasteiger charge is -2.35. The van der Waals surface area contributed by atoms with E-state index in [1.807, 2.05) is 11.3 Å². The van der Waals surface area contributed by atoms with Gasteiger partial charge in [0.25, 0.3) is 0 Å². The van der Waals surface area contributed by atoms with Crippen LogP contribution in [0.15, 0.2) is 11.4 Å². The van der Waals surface area contributed by atoms with Crippen LogP contribution >= 0.6 is 34.9 Å². The minimum Gasteiger partial charge on any atom is -0.312 e. The smallest absolute Gasteiger partial charge is 0.0457 e. The van der Waals surface area contributed by atoms with Gasteiger partial charge in [-0.25, -0.2) is 0 Å². The Morgan fingerprint density at radius 1 is 1.41 bits per heavy atom. The van der Waals surface area contributed by atoms with Crippen LogP contribution in [0, 0.1) is 6.92 Å². The maximum Gasteiger partial charge on any atom is 0.0457 e. The van der Waals surface area contributed by atoms with Gasteiger partial charge in [-0.3, -0.25) is 0 Å². The van der Waals surface area contributed by atoms with Crippen LogP contribution in [0.25, 0.3) is 0 Å². The van der Waals surface area contributed by atoms with Gasteiger partial charge in [0.2, 0.25) is 0 Å². The fourth-order valence-electron chi connectivity index (χ4n) is 2.39. The molecule has 1 saturated heterocycles.